The monoisotopic (exact) mass is 745 g/mol. The molecule has 1 aromatic carbocycles. The van der Waals surface area contributed by atoms with Gasteiger partial charge in [0, 0.05) is 46.2 Å². The second-order valence-corrected chi connectivity index (χ2v) is 14.4. The van der Waals surface area contributed by atoms with Gasteiger partial charge in [0.2, 0.25) is 11.8 Å². The first-order chi connectivity index (χ1) is 26.1. The maximum atomic E-state index is 13.2. The number of hydrogen-bond acceptors (Lipinski definition) is 9. The summed E-state index contributed by atoms with van der Waals surface area (Å²) in [5, 5.41) is 19.7. The number of amides is 4. The molecule has 1 saturated carbocycles. The fraction of sp³-hybridized carbons (Fsp3) is 0.553. The highest BCUT2D eigenvalue weighted by molar-refractivity contribution is 6.02. The number of fused-ring (bicyclic) bond motifs is 1. The van der Waals surface area contributed by atoms with Crippen LogP contribution in [0.4, 0.5) is 10.6 Å². The van der Waals surface area contributed by atoms with Gasteiger partial charge in [-0.2, -0.15) is 10.2 Å². The number of hydrogen-bond donors (Lipinski definition) is 4. The van der Waals surface area contributed by atoms with E-state index in [9.17, 15) is 24.0 Å². The second kappa shape index (κ2) is 17.7. The molecule has 290 valence electrons. The van der Waals surface area contributed by atoms with Crippen LogP contribution < -0.4 is 21.6 Å². The molecule has 2 fully saturated rings. The molecule has 16 heteroatoms. The predicted octanol–water partition coefficient (Wildman–Crippen LogP) is 4.51. The number of imide groups is 1. The first kappa shape index (κ1) is 38.5. The number of rotatable bonds is 17. The molecule has 1 aliphatic carbocycles. The summed E-state index contributed by atoms with van der Waals surface area (Å²) >= 11 is 0. The number of carbonyl (C=O) groups excluding carboxylic acids is 4. The van der Waals surface area contributed by atoms with Crippen LogP contribution in [0.2, 0.25) is 0 Å². The summed E-state index contributed by atoms with van der Waals surface area (Å²) in [7, 11) is 5.02. The van der Waals surface area contributed by atoms with Gasteiger partial charge in [0.15, 0.2) is 0 Å². The number of aromatic nitrogens is 6. The van der Waals surface area contributed by atoms with Gasteiger partial charge in [0.25, 0.3) is 5.91 Å². The molecule has 0 spiro atoms. The van der Waals surface area contributed by atoms with E-state index in [0.717, 1.165) is 86.5 Å². The number of ether oxygens (including phenoxy) is 2. The normalized spacial score (nSPS) is 18.6. The lowest BCUT2D eigenvalue weighted by Gasteiger charge is -2.21. The standard InChI is InChI=1S/C38H51N9O7/c1-45-34-24(13-11-14-29(34)47(38(45)52)30-17-18-33(48)41-35(30)49)12-9-7-5-4-6-8-10-19-39-37(51)54-27-16-15-25(20-27)28-22-32(43-42-28)40-36(50)31-21-26(23-53-3)44-46(31)2/h11,13-14,21-22,25,27,30H,4-10,12,15-20,23H2,1-3H3,(H,39,51)(H,41,48,49)(H2,40,42,43,50)/t25-,27+,30?/m0/s1. The van der Waals surface area contributed by atoms with Crippen LogP contribution in [0.5, 0.6) is 0 Å². The highest BCUT2D eigenvalue weighted by atomic mass is 16.6. The number of alkyl carbamates (subject to hydrolysis) is 1. The van der Waals surface area contributed by atoms with E-state index >= 15 is 0 Å². The van der Waals surface area contributed by atoms with Crippen molar-refractivity contribution in [3.8, 4) is 0 Å². The van der Waals surface area contributed by atoms with Gasteiger partial charge >= 0.3 is 11.8 Å². The average Bonchev–Trinajstić information content (AvgIpc) is 3.93. The summed E-state index contributed by atoms with van der Waals surface area (Å²) in [5.74, 6) is -0.401. The number of nitrogens with one attached hydrogen (secondary N) is 4. The van der Waals surface area contributed by atoms with E-state index in [1.165, 1.54) is 9.25 Å². The number of H-pyrrole nitrogens is 1. The Morgan fingerprint density at radius 2 is 1.76 bits per heavy atom. The van der Waals surface area contributed by atoms with Gasteiger partial charge in [-0.1, -0.05) is 44.2 Å². The molecule has 54 heavy (non-hydrogen) atoms. The zero-order chi connectivity index (χ0) is 38.2. The highest BCUT2D eigenvalue weighted by Gasteiger charge is 2.32. The molecule has 0 radical (unpaired) electrons. The maximum absolute atomic E-state index is 13.2. The third-order valence-electron chi connectivity index (χ3n) is 10.5. The Bertz CT molecular complexity index is 2030. The summed E-state index contributed by atoms with van der Waals surface area (Å²) in [5.41, 5.74) is 4.32. The number of unbranched alkanes of at least 4 members (excludes halogenated alkanes) is 6. The number of methoxy groups -OCH3 is 1. The minimum absolute atomic E-state index is 0.129. The summed E-state index contributed by atoms with van der Waals surface area (Å²) in [6.45, 7) is 0.894. The van der Waals surface area contributed by atoms with E-state index < -0.39 is 11.9 Å². The summed E-state index contributed by atoms with van der Waals surface area (Å²) in [6, 6.07) is 8.68. The Balaban J connectivity index is 0.833. The third-order valence-corrected chi connectivity index (χ3v) is 10.5. The van der Waals surface area contributed by atoms with Crippen LogP contribution in [0.15, 0.2) is 35.1 Å². The van der Waals surface area contributed by atoms with Crippen LogP contribution in [0.3, 0.4) is 0 Å². The van der Waals surface area contributed by atoms with Crippen molar-refractivity contribution in [3.63, 3.8) is 0 Å². The number of aryl methyl sites for hydroxylation is 3. The lowest BCUT2D eigenvalue weighted by molar-refractivity contribution is -0.135. The molecule has 4 N–H and O–H groups in total. The Kier molecular flexibility index (Phi) is 12.6. The fourth-order valence-electron chi connectivity index (χ4n) is 7.73. The van der Waals surface area contributed by atoms with Gasteiger partial charge < -0.3 is 20.1 Å². The Morgan fingerprint density at radius 1 is 0.981 bits per heavy atom. The zero-order valence-corrected chi connectivity index (χ0v) is 31.3. The Morgan fingerprint density at radius 3 is 2.54 bits per heavy atom. The number of para-hydroxylation sites is 1. The Labute approximate surface area is 313 Å². The van der Waals surface area contributed by atoms with Crippen molar-refractivity contribution in [2.24, 2.45) is 14.1 Å². The Hall–Kier alpha value is -5.25. The van der Waals surface area contributed by atoms with E-state index in [-0.39, 0.29) is 42.0 Å². The van der Waals surface area contributed by atoms with Crippen molar-refractivity contribution in [1.82, 2.24) is 39.7 Å². The van der Waals surface area contributed by atoms with Crippen LogP contribution in [-0.2, 0) is 46.2 Å². The summed E-state index contributed by atoms with van der Waals surface area (Å²) in [4.78, 5) is 62.5. The molecular formula is C38H51N9O7. The smallest absolute Gasteiger partial charge is 0.407 e. The number of imidazole rings is 1. The van der Waals surface area contributed by atoms with Gasteiger partial charge in [-0.3, -0.25) is 38.6 Å². The lowest BCUT2D eigenvalue weighted by Crippen LogP contribution is -2.44. The SMILES string of the molecule is COCc1cc(C(=O)Nc2cc([C@H]3CC[C@@H](OC(=O)NCCCCCCCCCc4cccc5c4n(C)c(=O)n5C4CCC(=O)NC4=O)C3)n[nH]2)n(C)n1. The number of piperidine rings is 1. The molecule has 3 aromatic heterocycles. The molecule has 4 heterocycles. The maximum Gasteiger partial charge on any atom is 0.407 e. The lowest BCUT2D eigenvalue weighted by atomic mass is 10.0. The number of nitrogens with zero attached hydrogens (tertiary/aromatic N) is 5. The van der Waals surface area contributed by atoms with Gasteiger partial charge in [0.1, 0.15) is 23.7 Å². The van der Waals surface area contributed by atoms with Crippen molar-refractivity contribution in [2.75, 3.05) is 19.0 Å². The number of anilines is 1. The molecule has 6 rings (SSSR count). The molecule has 4 amide bonds. The molecule has 0 bridgehead atoms. The molecule has 2 aliphatic rings. The number of carbonyl (C=O) groups is 4. The minimum Gasteiger partial charge on any atom is -0.446 e. The molecule has 3 atom stereocenters. The summed E-state index contributed by atoms with van der Waals surface area (Å²) < 4.78 is 15.5. The van der Waals surface area contributed by atoms with Crippen LogP contribution >= 0.6 is 0 Å². The van der Waals surface area contributed by atoms with E-state index in [1.54, 1.807) is 31.8 Å². The van der Waals surface area contributed by atoms with Gasteiger partial charge in [-0.25, -0.2) is 9.59 Å². The number of benzene rings is 1. The van der Waals surface area contributed by atoms with Crippen molar-refractivity contribution in [2.45, 2.75) is 108 Å². The molecule has 1 unspecified atom stereocenters. The van der Waals surface area contributed by atoms with E-state index in [4.69, 9.17) is 9.47 Å². The zero-order valence-electron chi connectivity index (χ0n) is 31.3. The van der Waals surface area contributed by atoms with E-state index in [0.29, 0.717) is 43.2 Å². The average molecular weight is 746 g/mol. The third kappa shape index (κ3) is 9.09. The van der Waals surface area contributed by atoms with Crippen molar-refractivity contribution in [3.05, 3.63) is 63.5 Å². The largest absolute Gasteiger partial charge is 0.446 e. The molecule has 1 aliphatic heterocycles. The van der Waals surface area contributed by atoms with Crippen LogP contribution in [0.25, 0.3) is 11.0 Å². The van der Waals surface area contributed by atoms with Crippen LogP contribution in [-0.4, -0.2) is 72.7 Å². The fourth-order valence-corrected chi connectivity index (χ4v) is 7.73. The van der Waals surface area contributed by atoms with Gasteiger partial charge in [-0.15, -0.1) is 0 Å². The predicted molar refractivity (Wildman–Crippen MR) is 200 cm³/mol. The van der Waals surface area contributed by atoms with E-state index in [1.807, 2.05) is 24.3 Å². The summed E-state index contributed by atoms with van der Waals surface area (Å²) in [6.07, 6.45) is 10.3. The topological polar surface area (TPSA) is 196 Å². The highest BCUT2D eigenvalue weighted by Crippen LogP contribution is 2.36. The quantitative estimate of drug-likeness (QED) is 0.0888. The molecule has 16 nitrogen and oxygen atoms in total. The van der Waals surface area contributed by atoms with Gasteiger partial charge in [0.05, 0.1) is 29.0 Å². The van der Waals surface area contributed by atoms with Crippen molar-refractivity contribution >= 4 is 40.7 Å². The molecular weight excluding hydrogens is 694 g/mol. The first-order valence-electron chi connectivity index (χ1n) is 19.0. The minimum atomic E-state index is -0.683. The second-order valence-electron chi connectivity index (χ2n) is 14.4. The number of aromatic amines is 1. The molecule has 1 saturated heterocycles. The van der Waals surface area contributed by atoms with E-state index in [2.05, 4.69) is 31.2 Å². The van der Waals surface area contributed by atoms with Crippen molar-refractivity contribution < 1.29 is 28.7 Å². The van der Waals surface area contributed by atoms with Crippen LogP contribution in [0, 0.1) is 0 Å². The molecule has 4 aromatic rings. The van der Waals surface area contributed by atoms with Crippen molar-refractivity contribution in [1.29, 1.82) is 0 Å². The van der Waals surface area contributed by atoms with Gasteiger partial charge in [-0.05, 0) is 62.6 Å². The first-order valence-corrected chi connectivity index (χ1v) is 19.0. The van der Waals surface area contributed by atoms with Crippen LogP contribution in [0.1, 0.15) is 116 Å².